The van der Waals surface area contributed by atoms with Crippen LogP contribution in [-0.4, -0.2) is 22.8 Å². The van der Waals surface area contributed by atoms with Crippen molar-refractivity contribution in [2.45, 2.75) is 38.7 Å². The molecule has 1 aromatic heterocycles. The third-order valence-electron chi connectivity index (χ3n) is 4.37. The molecule has 0 fully saturated rings. The zero-order valence-corrected chi connectivity index (χ0v) is 13.3. The van der Waals surface area contributed by atoms with Crippen LogP contribution in [0.2, 0.25) is 0 Å². The average molecular weight is 315 g/mol. The predicted octanol–water partition coefficient (Wildman–Crippen LogP) is 2.50. The van der Waals surface area contributed by atoms with Crippen molar-refractivity contribution in [1.29, 1.82) is 0 Å². The summed E-state index contributed by atoms with van der Waals surface area (Å²) >= 11 is 0. The molecule has 3 rings (SSSR count). The van der Waals surface area contributed by atoms with E-state index >= 15 is 0 Å². The molecule has 1 atom stereocenters. The second kappa shape index (κ2) is 6.04. The molecule has 3 N–H and O–H groups in total. The summed E-state index contributed by atoms with van der Waals surface area (Å²) in [4.78, 5) is 12.1. The van der Waals surface area contributed by atoms with Gasteiger partial charge in [0, 0.05) is 0 Å². The minimum Gasteiger partial charge on any atom is -0.383 e. The van der Waals surface area contributed by atoms with E-state index in [2.05, 4.69) is 15.8 Å². The van der Waals surface area contributed by atoms with E-state index in [4.69, 9.17) is 4.52 Å². The molecule has 6 heteroatoms. The number of rotatable bonds is 4. The molecule has 0 saturated heterocycles. The lowest BCUT2D eigenvalue weighted by Crippen LogP contribution is -2.41. The monoisotopic (exact) mass is 315 g/mol. The molecule has 122 valence electrons. The largest absolute Gasteiger partial charge is 0.383 e. The quantitative estimate of drug-likeness (QED) is 0.809. The Morgan fingerprint density at radius 3 is 3.00 bits per heavy atom. The maximum Gasteiger partial charge on any atom is 0.319 e. The number of amides is 2. The number of carbonyl (C=O) groups excluding carboxylic acids is 1. The van der Waals surface area contributed by atoms with Crippen LogP contribution >= 0.6 is 0 Å². The molecule has 0 radical (unpaired) electrons. The molecule has 0 spiro atoms. The van der Waals surface area contributed by atoms with Crippen molar-refractivity contribution in [3.63, 3.8) is 0 Å². The number of hydrogen-bond acceptors (Lipinski definition) is 4. The number of aromatic nitrogens is 1. The van der Waals surface area contributed by atoms with Crippen molar-refractivity contribution >= 4 is 11.7 Å². The lowest BCUT2D eigenvalue weighted by atomic mass is 9.96. The Bertz CT molecular complexity index is 726. The first-order chi connectivity index (χ1) is 11.0. The Morgan fingerprint density at radius 1 is 1.43 bits per heavy atom. The number of nitrogens with zero attached hydrogens (tertiary/aromatic N) is 1. The summed E-state index contributed by atoms with van der Waals surface area (Å²) in [7, 11) is 0. The van der Waals surface area contributed by atoms with E-state index in [9.17, 15) is 9.90 Å². The molecule has 1 aliphatic carbocycles. The highest BCUT2D eigenvalue weighted by Crippen LogP contribution is 2.36. The molecule has 1 aliphatic rings. The summed E-state index contributed by atoms with van der Waals surface area (Å²) in [5, 5.41) is 20.2. The Kier molecular flexibility index (Phi) is 4.09. The molecule has 6 nitrogen and oxygen atoms in total. The van der Waals surface area contributed by atoms with E-state index in [1.54, 1.807) is 6.92 Å². The molecule has 2 amide bonds. The predicted molar refractivity (Wildman–Crippen MR) is 86.3 cm³/mol. The standard InChI is InChI=1S/C17H21N3O3/c1-3-14-15(11(2)23-20-14)19-16(21)18-10-17(22)9-8-12-6-4-5-7-13(12)17/h4-7,22H,3,8-10H2,1-2H3,(H2,18,19,21). The zero-order chi connectivity index (χ0) is 16.4. The number of fused-ring (bicyclic) bond motifs is 1. The van der Waals surface area contributed by atoms with Crippen molar-refractivity contribution in [3.8, 4) is 0 Å². The maximum absolute atomic E-state index is 12.1. The highest BCUT2D eigenvalue weighted by Gasteiger charge is 2.36. The number of urea groups is 1. The second-order valence-electron chi connectivity index (χ2n) is 5.91. The van der Waals surface area contributed by atoms with E-state index in [0.29, 0.717) is 30.0 Å². The molecule has 0 saturated carbocycles. The van der Waals surface area contributed by atoms with Crippen molar-refractivity contribution in [2.75, 3.05) is 11.9 Å². The third-order valence-corrected chi connectivity index (χ3v) is 4.37. The summed E-state index contributed by atoms with van der Waals surface area (Å²) in [6, 6.07) is 7.43. The maximum atomic E-state index is 12.1. The van der Waals surface area contributed by atoms with Crippen LogP contribution in [0.25, 0.3) is 0 Å². The van der Waals surface area contributed by atoms with Gasteiger partial charge >= 0.3 is 6.03 Å². The van der Waals surface area contributed by atoms with Gasteiger partial charge in [0.15, 0.2) is 5.76 Å². The van der Waals surface area contributed by atoms with Crippen LogP contribution in [-0.2, 0) is 18.4 Å². The molecule has 0 aliphatic heterocycles. The van der Waals surface area contributed by atoms with E-state index in [1.807, 2.05) is 31.2 Å². The average Bonchev–Trinajstić information content (AvgIpc) is 3.08. The molecular weight excluding hydrogens is 294 g/mol. The summed E-state index contributed by atoms with van der Waals surface area (Å²) in [5.74, 6) is 0.571. The fraction of sp³-hybridized carbons (Fsp3) is 0.412. The Hall–Kier alpha value is -2.34. The number of carbonyl (C=O) groups is 1. The minimum atomic E-state index is -1.01. The normalized spacial score (nSPS) is 19.4. The lowest BCUT2D eigenvalue weighted by Gasteiger charge is -2.24. The number of hydrogen-bond donors (Lipinski definition) is 3. The third kappa shape index (κ3) is 2.94. The Morgan fingerprint density at radius 2 is 2.22 bits per heavy atom. The van der Waals surface area contributed by atoms with Crippen LogP contribution < -0.4 is 10.6 Å². The van der Waals surface area contributed by atoms with Gasteiger partial charge < -0.3 is 20.3 Å². The summed E-state index contributed by atoms with van der Waals surface area (Å²) in [6.45, 7) is 3.86. The number of nitrogens with one attached hydrogen (secondary N) is 2. The molecule has 1 heterocycles. The van der Waals surface area contributed by atoms with Crippen LogP contribution in [0.15, 0.2) is 28.8 Å². The Labute approximate surface area is 134 Å². The van der Waals surface area contributed by atoms with Crippen LogP contribution in [0.3, 0.4) is 0 Å². The van der Waals surface area contributed by atoms with Gasteiger partial charge in [-0.15, -0.1) is 0 Å². The summed E-state index contributed by atoms with van der Waals surface area (Å²) in [5.41, 5.74) is 2.34. The Balaban J connectivity index is 1.65. The number of aryl methyl sites for hydroxylation is 3. The minimum absolute atomic E-state index is 0.168. The topological polar surface area (TPSA) is 87.4 Å². The van der Waals surface area contributed by atoms with Crippen molar-refractivity contribution in [1.82, 2.24) is 10.5 Å². The number of aliphatic hydroxyl groups is 1. The van der Waals surface area contributed by atoms with E-state index in [-0.39, 0.29) is 12.6 Å². The lowest BCUT2D eigenvalue weighted by molar-refractivity contribution is 0.0417. The molecule has 0 bridgehead atoms. The highest BCUT2D eigenvalue weighted by molar-refractivity contribution is 5.90. The number of anilines is 1. The summed E-state index contributed by atoms with van der Waals surface area (Å²) < 4.78 is 5.09. The smallest absolute Gasteiger partial charge is 0.319 e. The summed E-state index contributed by atoms with van der Waals surface area (Å²) in [6.07, 6.45) is 2.10. The van der Waals surface area contributed by atoms with Crippen LogP contribution in [0.5, 0.6) is 0 Å². The van der Waals surface area contributed by atoms with E-state index < -0.39 is 5.60 Å². The SMILES string of the molecule is CCc1noc(C)c1NC(=O)NCC1(O)CCc2ccccc21. The van der Waals surface area contributed by atoms with Gasteiger partial charge in [-0.3, -0.25) is 0 Å². The first kappa shape index (κ1) is 15.6. The van der Waals surface area contributed by atoms with Crippen LogP contribution in [0.4, 0.5) is 10.5 Å². The van der Waals surface area contributed by atoms with Gasteiger partial charge in [-0.05, 0) is 37.3 Å². The van der Waals surface area contributed by atoms with Gasteiger partial charge in [0.05, 0.1) is 6.54 Å². The first-order valence-electron chi connectivity index (χ1n) is 7.84. The van der Waals surface area contributed by atoms with Gasteiger partial charge in [-0.25, -0.2) is 4.79 Å². The van der Waals surface area contributed by atoms with Crippen LogP contribution in [0.1, 0.15) is 35.9 Å². The van der Waals surface area contributed by atoms with Gasteiger partial charge in [-0.2, -0.15) is 0 Å². The van der Waals surface area contributed by atoms with Crippen LogP contribution in [0, 0.1) is 6.92 Å². The molecular formula is C17H21N3O3. The van der Waals surface area contributed by atoms with Gasteiger partial charge in [0.25, 0.3) is 0 Å². The van der Waals surface area contributed by atoms with E-state index in [0.717, 1.165) is 17.5 Å². The molecule has 1 unspecified atom stereocenters. The van der Waals surface area contributed by atoms with Crippen molar-refractivity contribution in [3.05, 3.63) is 46.8 Å². The van der Waals surface area contributed by atoms with Gasteiger partial charge in [0.2, 0.25) is 0 Å². The van der Waals surface area contributed by atoms with Crippen molar-refractivity contribution < 1.29 is 14.4 Å². The highest BCUT2D eigenvalue weighted by atomic mass is 16.5. The molecule has 2 aromatic rings. The molecule has 1 aromatic carbocycles. The second-order valence-corrected chi connectivity index (χ2v) is 5.91. The molecule has 23 heavy (non-hydrogen) atoms. The number of benzene rings is 1. The fourth-order valence-corrected chi connectivity index (χ4v) is 3.06. The fourth-order valence-electron chi connectivity index (χ4n) is 3.06. The zero-order valence-electron chi connectivity index (χ0n) is 13.3. The first-order valence-corrected chi connectivity index (χ1v) is 7.84. The van der Waals surface area contributed by atoms with Gasteiger partial charge in [0.1, 0.15) is 17.0 Å². The van der Waals surface area contributed by atoms with Crippen molar-refractivity contribution in [2.24, 2.45) is 0 Å². The van der Waals surface area contributed by atoms with Gasteiger partial charge in [-0.1, -0.05) is 36.3 Å². The van der Waals surface area contributed by atoms with E-state index in [1.165, 1.54) is 0 Å².